The number of aliphatic hydroxyl groups is 10. The minimum atomic E-state index is -1.84. The number of carbonyl (C=O) groups is 1. The fraction of sp³-hybridized carbons (Fsp3) is 0.981. The van der Waals surface area contributed by atoms with Gasteiger partial charge in [0.25, 0.3) is 0 Å². The van der Waals surface area contributed by atoms with Crippen LogP contribution in [0.5, 0.6) is 0 Å². The van der Waals surface area contributed by atoms with E-state index in [0.29, 0.717) is 12.8 Å². The molecule has 2 rings (SSSR count). The molecule has 0 aliphatic carbocycles. The third kappa shape index (κ3) is 25.5. The largest absolute Gasteiger partial charge is 0.394 e. The zero-order valence-electron chi connectivity index (χ0n) is 42.3. The van der Waals surface area contributed by atoms with Gasteiger partial charge in [0.05, 0.1) is 32.0 Å². The maximum absolute atomic E-state index is 13.3. The monoisotopic (exact) mass is 980 g/mol. The molecule has 0 radical (unpaired) electrons. The summed E-state index contributed by atoms with van der Waals surface area (Å²) in [6.45, 7) is 2.43. The normalized spacial score (nSPS) is 27.2. The van der Waals surface area contributed by atoms with E-state index in [1.165, 1.54) is 135 Å². The Morgan fingerprint density at radius 2 is 0.868 bits per heavy atom. The van der Waals surface area contributed by atoms with Crippen molar-refractivity contribution in [3.63, 3.8) is 0 Å². The number of nitrogens with one attached hydrogen (secondary N) is 1. The minimum Gasteiger partial charge on any atom is -0.394 e. The van der Waals surface area contributed by atoms with E-state index in [1.807, 2.05) is 0 Å². The van der Waals surface area contributed by atoms with Crippen molar-refractivity contribution in [2.45, 2.75) is 305 Å². The standard InChI is InChI=1S/C52H101NO15/c1-3-5-7-9-11-13-15-16-17-18-19-20-21-22-24-26-28-30-32-34-40(57)50(64)53-38(43(58)39(56)33-31-29-27-25-23-14-12-10-8-6-4-2)37-65-51-48(63)46(61)49(42(36-55)67-51)68-52-47(62)45(60)44(59)41(35-54)66-52/h38-49,51-52,54-63H,3-37H2,1-2H3,(H,53,64)/t38-,39+,40+,41+,42+,43-,44-,45-,46+,47+,48+,49+,51+,52-/m0/s1. The number of rotatable bonds is 43. The van der Waals surface area contributed by atoms with Crippen LogP contribution in [0, 0.1) is 0 Å². The molecule has 2 saturated heterocycles. The molecular formula is C52H101NO15. The summed E-state index contributed by atoms with van der Waals surface area (Å²) >= 11 is 0. The second kappa shape index (κ2) is 39.4. The topological polar surface area (TPSA) is 268 Å². The number of carbonyl (C=O) groups excluding carboxylic acids is 1. The van der Waals surface area contributed by atoms with Crippen molar-refractivity contribution in [1.82, 2.24) is 5.32 Å². The number of amides is 1. The summed E-state index contributed by atoms with van der Waals surface area (Å²) in [4.78, 5) is 13.3. The van der Waals surface area contributed by atoms with E-state index in [9.17, 15) is 55.9 Å². The van der Waals surface area contributed by atoms with Gasteiger partial charge < -0.3 is 75.3 Å². The highest BCUT2D eigenvalue weighted by Crippen LogP contribution is 2.30. The lowest BCUT2D eigenvalue weighted by Crippen LogP contribution is -2.65. The predicted molar refractivity (Wildman–Crippen MR) is 261 cm³/mol. The van der Waals surface area contributed by atoms with Gasteiger partial charge >= 0.3 is 0 Å². The van der Waals surface area contributed by atoms with Gasteiger partial charge in [-0.15, -0.1) is 0 Å². The number of hydrogen-bond acceptors (Lipinski definition) is 15. The summed E-state index contributed by atoms with van der Waals surface area (Å²) in [5.74, 6) is -0.756. The Bertz CT molecular complexity index is 1190. The van der Waals surface area contributed by atoms with Crippen LogP contribution in [-0.4, -0.2) is 163 Å². The van der Waals surface area contributed by atoms with E-state index in [2.05, 4.69) is 19.2 Å². The Hall–Kier alpha value is -1.09. The molecule has 14 atom stereocenters. The summed E-state index contributed by atoms with van der Waals surface area (Å²) in [6.07, 6.45) is 15.5. The molecule has 0 saturated carbocycles. The van der Waals surface area contributed by atoms with Crippen LogP contribution in [0.4, 0.5) is 0 Å². The molecule has 2 heterocycles. The lowest BCUT2D eigenvalue weighted by molar-refractivity contribution is -0.359. The summed E-state index contributed by atoms with van der Waals surface area (Å²) in [5.41, 5.74) is 0. The highest BCUT2D eigenvalue weighted by atomic mass is 16.7. The first-order valence-corrected chi connectivity index (χ1v) is 27.5. The molecule has 0 unspecified atom stereocenters. The van der Waals surface area contributed by atoms with Crippen molar-refractivity contribution in [1.29, 1.82) is 0 Å². The molecule has 1 amide bonds. The molecule has 0 bridgehead atoms. The Morgan fingerprint density at radius 3 is 1.29 bits per heavy atom. The van der Waals surface area contributed by atoms with Gasteiger partial charge in [0.2, 0.25) is 5.91 Å². The van der Waals surface area contributed by atoms with Gasteiger partial charge in [-0.1, -0.05) is 206 Å². The average Bonchev–Trinajstić information content (AvgIpc) is 3.34. The molecule has 68 heavy (non-hydrogen) atoms. The van der Waals surface area contributed by atoms with Gasteiger partial charge in [0.15, 0.2) is 12.6 Å². The van der Waals surface area contributed by atoms with Crippen molar-refractivity contribution in [3.05, 3.63) is 0 Å². The van der Waals surface area contributed by atoms with Gasteiger partial charge in [0.1, 0.15) is 61.0 Å². The van der Waals surface area contributed by atoms with Crippen LogP contribution in [-0.2, 0) is 23.7 Å². The van der Waals surface area contributed by atoms with E-state index >= 15 is 0 Å². The molecule has 404 valence electrons. The molecule has 2 aliphatic heterocycles. The van der Waals surface area contributed by atoms with E-state index in [0.717, 1.165) is 44.9 Å². The van der Waals surface area contributed by atoms with Crippen molar-refractivity contribution in [2.24, 2.45) is 0 Å². The lowest BCUT2D eigenvalue weighted by atomic mass is 9.97. The van der Waals surface area contributed by atoms with Crippen LogP contribution >= 0.6 is 0 Å². The predicted octanol–water partition coefficient (Wildman–Crippen LogP) is 5.72. The maximum Gasteiger partial charge on any atom is 0.249 e. The van der Waals surface area contributed by atoms with E-state index in [1.54, 1.807) is 0 Å². The third-order valence-electron chi connectivity index (χ3n) is 14.0. The van der Waals surface area contributed by atoms with Crippen LogP contribution in [0.2, 0.25) is 0 Å². The van der Waals surface area contributed by atoms with Crippen LogP contribution in [0.1, 0.15) is 219 Å². The molecule has 0 aromatic heterocycles. The second-order valence-electron chi connectivity index (χ2n) is 20.0. The second-order valence-corrected chi connectivity index (χ2v) is 20.0. The lowest BCUT2D eigenvalue weighted by Gasteiger charge is -2.46. The molecule has 0 aromatic carbocycles. The third-order valence-corrected chi connectivity index (χ3v) is 14.0. The minimum absolute atomic E-state index is 0.209. The van der Waals surface area contributed by atoms with Crippen molar-refractivity contribution >= 4 is 5.91 Å². The van der Waals surface area contributed by atoms with Crippen LogP contribution < -0.4 is 5.32 Å². The van der Waals surface area contributed by atoms with Gasteiger partial charge in [-0.3, -0.25) is 4.79 Å². The fourth-order valence-electron chi connectivity index (χ4n) is 9.40. The van der Waals surface area contributed by atoms with Crippen molar-refractivity contribution < 1.29 is 74.8 Å². The first-order chi connectivity index (χ1) is 32.9. The van der Waals surface area contributed by atoms with Crippen molar-refractivity contribution in [2.75, 3.05) is 19.8 Å². The first-order valence-electron chi connectivity index (χ1n) is 27.5. The molecule has 16 nitrogen and oxygen atoms in total. The Labute approximate surface area is 409 Å². The number of hydrogen-bond donors (Lipinski definition) is 11. The van der Waals surface area contributed by atoms with Gasteiger partial charge in [-0.25, -0.2) is 0 Å². The van der Waals surface area contributed by atoms with Crippen LogP contribution in [0.15, 0.2) is 0 Å². The smallest absolute Gasteiger partial charge is 0.249 e. The highest BCUT2D eigenvalue weighted by Gasteiger charge is 2.51. The SMILES string of the molecule is CCCCCCCCCCCCCCCCCCCCC[C@@H](O)C(=O)N[C@@H](CO[C@@H]1O[C@H](CO)[C@@H](O[C@@H]2O[C@H](CO)[C@H](O)[C@H](O)[C@H]2O)[C@H](O)[C@H]1O)[C@H](O)[C@H](O)CCCCCCCCCCCCC. The number of aliphatic hydroxyl groups excluding tert-OH is 10. The quantitative estimate of drug-likeness (QED) is 0.0327. The summed E-state index contributed by atoms with van der Waals surface area (Å²) < 4.78 is 22.5. The summed E-state index contributed by atoms with van der Waals surface area (Å²) in [5, 5.41) is 109. The van der Waals surface area contributed by atoms with E-state index < -0.39 is 111 Å². The molecular weight excluding hydrogens is 879 g/mol. The van der Waals surface area contributed by atoms with E-state index in [4.69, 9.17) is 18.9 Å². The molecule has 2 fully saturated rings. The average molecular weight is 980 g/mol. The molecule has 0 spiro atoms. The van der Waals surface area contributed by atoms with Crippen LogP contribution in [0.3, 0.4) is 0 Å². The Balaban J connectivity index is 1.85. The Kier molecular flexibility index (Phi) is 36.6. The zero-order chi connectivity index (χ0) is 49.9. The number of ether oxygens (including phenoxy) is 4. The van der Waals surface area contributed by atoms with Gasteiger partial charge in [-0.2, -0.15) is 0 Å². The molecule has 2 aliphatic rings. The molecule has 16 heteroatoms. The summed E-state index contributed by atoms with van der Waals surface area (Å²) in [6, 6.07) is -1.27. The van der Waals surface area contributed by atoms with Gasteiger partial charge in [-0.05, 0) is 12.8 Å². The first kappa shape index (κ1) is 63.0. The highest BCUT2D eigenvalue weighted by molar-refractivity contribution is 5.80. The van der Waals surface area contributed by atoms with Crippen molar-refractivity contribution in [3.8, 4) is 0 Å². The maximum atomic E-state index is 13.3. The number of unbranched alkanes of at least 4 members (excludes halogenated alkanes) is 28. The Morgan fingerprint density at radius 1 is 0.485 bits per heavy atom. The van der Waals surface area contributed by atoms with Crippen LogP contribution in [0.25, 0.3) is 0 Å². The molecule has 0 aromatic rings. The summed E-state index contributed by atoms with van der Waals surface area (Å²) in [7, 11) is 0. The zero-order valence-corrected chi connectivity index (χ0v) is 42.3. The van der Waals surface area contributed by atoms with Gasteiger partial charge in [0, 0.05) is 0 Å². The van der Waals surface area contributed by atoms with E-state index in [-0.39, 0.29) is 12.8 Å². The fourth-order valence-corrected chi connectivity index (χ4v) is 9.40. The molecule has 11 N–H and O–H groups in total.